The second kappa shape index (κ2) is 7.41. The van der Waals surface area contributed by atoms with Crippen LogP contribution < -0.4 is 5.32 Å². The fraction of sp³-hybridized carbons (Fsp3) is 0.562. The van der Waals surface area contributed by atoms with Gasteiger partial charge in [0, 0.05) is 19.6 Å². The van der Waals surface area contributed by atoms with Crippen molar-refractivity contribution in [3.05, 3.63) is 35.4 Å². The number of aryl methyl sites for hydroxylation is 1. The van der Waals surface area contributed by atoms with Crippen LogP contribution in [0.2, 0.25) is 0 Å². The van der Waals surface area contributed by atoms with Gasteiger partial charge in [-0.2, -0.15) is 0 Å². The molecule has 1 heterocycles. The molecule has 110 valence electrons. The number of hydrogen-bond acceptors (Lipinski definition) is 3. The van der Waals surface area contributed by atoms with Crippen LogP contribution in [0.5, 0.6) is 0 Å². The van der Waals surface area contributed by atoms with Crippen molar-refractivity contribution < 1.29 is 9.53 Å². The molecule has 1 N–H and O–H groups in total. The summed E-state index contributed by atoms with van der Waals surface area (Å²) in [6.45, 7) is 5.46. The van der Waals surface area contributed by atoms with E-state index < -0.39 is 0 Å². The molecule has 1 aromatic carbocycles. The molecule has 0 aromatic heterocycles. The van der Waals surface area contributed by atoms with Gasteiger partial charge in [0.2, 0.25) is 5.91 Å². The molecule has 1 fully saturated rings. The summed E-state index contributed by atoms with van der Waals surface area (Å²) in [6, 6.07) is 8.01. The Labute approximate surface area is 121 Å². The van der Waals surface area contributed by atoms with Gasteiger partial charge in [-0.25, -0.2) is 0 Å². The molecule has 1 saturated heterocycles. The van der Waals surface area contributed by atoms with Crippen LogP contribution in [0.15, 0.2) is 24.3 Å². The molecule has 1 aliphatic rings. The molecule has 2 rings (SSSR count). The Morgan fingerprint density at radius 2 is 2.25 bits per heavy atom. The second-order valence-corrected chi connectivity index (χ2v) is 5.50. The number of amides is 1. The summed E-state index contributed by atoms with van der Waals surface area (Å²) in [5.41, 5.74) is 2.26. The number of nitrogens with zero attached hydrogens (tertiary/aromatic N) is 1. The zero-order chi connectivity index (χ0) is 14.4. The largest absolute Gasteiger partial charge is 0.375 e. The van der Waals surface area contributed by atoms with Crippen molar-refractivity contribution in [2.45, 2.75) is 25.9 Å². The van der Waals surface area contributed by atoms with Crippen molar-refractivity contribution in [3.8, 4) is 0 Å². The minimum Gasteiger partial charge on any atom is -0.375 e. The number of hydrogen-bond donors (Lipinski definition) is 1. The maximum absolute atomic E-state index is 11.9. The average Bonchev–Trinajstić information content (AvgIpc) is 2.41. The molecule has 1 aromatic rings. The lowest BCUT2D eigenvalue weighted by molar-refractivity contribution is -0.120. The monoisotopic (exact) mass is 276 g/mol. The third-order valence-corrected chi connectivity index (χ3v) is 3.74. The van der Waals surface area contributed by atoms with Crippen LogP contribution in [0.25, 0.3) is 0 Å². The van der Waals surface area contributed by atoms with Crippen LogP contribution >= 0.6 is 0 Å². The van der Waals surface area contributed by atoms with Crippen molar-refractivity contribution in [2.24, 2.45) is 0 Å². The molecule has 1 amide bonds. The second-order valence-electron chi connectivity index (χ2n) is 5.50. The quantitative estimate of drug-likeness (QED) is 0.883. The van der Waals surface area contributed by atoms with Crippen molar-refractivity contribution >= 4 is 5.91 Å². The molecule has 1 unspecified atom stereocenters. The molecule has 4 nitrogen and oxygen atoms in total. The smallest absolute Gasteiger partial charge is 0.224 e. The molecule has 4 heteroatoms. The minimum absolute atomic E-state index is 0.0865. The number of carbonyl (C=O) groups is 1. The van der Waals surface area contributed by atoms with Crippen LogP contribution in [-0.4, -0.2) is 50.2 Å². The maximum atomic E-state index is 11.9. The number of ether oxygens (including phenoxy) is 1. The minimum atomic E-state index is 0.0865. The first-order chi connectivity index (χ1) is 9.65. The van der Waals surface area contributed by atoms with E-state index in [0.29, 0.717) is 13.0 Å². The lowest BCUT2D eigenvalue weighted by atomic mass is 10.1. The van der Waals surface area contributed by atoms with E-state index in [1.54, 1.807) is 0 Å². The first kappa shape index (κ1) is 15.0. The Hall–Kier alpha value is -1.39. The van der Waals surface area contributed by atoms with Crippen molar-refractivity contribution in [3.63, 3.8) is 0 Å². The predicted octanol–water partition coefficient (Wildman–Crippen LogP) is 1.37. The standard InChI is InChI=1S/C16H24N2O2/c1-13-5-3-4-6-14(13)11-16(19)17-8-7-15-12-18(2)9-10-20-15/h3-6,15H,7-12H2,1-2H3,(H,17,19). The van der Waals surface area contributed by atoms with Crippen molar-refractivity contribution in [1.82, 2.24) is 10.2 Å². The lowest BCUT2D eigenvalue weighted by Gasteiger charge is -2.30. The molecule has 0 spiro atoms. The number of nitrogens with one attached hydrogen (secondary N) is 1. The summed E-state index contributed by atoms with van der Waals surface area (Å²) in [4.78, 5) is 14.2. The molecular formula is C16H24N2O2. The van der Waals surface area contributed by atoms with Crippen LogP contribution in [0.3, 0.4) is 0 Å². The van der Waals surface area contributed by atoms with Gasteiger partial charge >= 0.3 is 0 Å². The number of benzene rings is 1. The third-order valence-electron chi connectivity index (χ3n) is 3.74. The predicted molar refractivity (Wildman–Crippen MR) is 79.7 cm³/mol. The molecular weight excluding hydrogens is 252 g/mol. The molecule has 0 bridgehead atoms. The molecule has 0 saturated carbocycles. The normalized spacial score (nSPS) is 19.8. The SMILES string of the molecule is Cc1ccccc1CC(=O)NCCC1CN(C)CCO1. The van der Waals surface area contributed by atoms with Gasteiger partial charge in [0.1, 0.15) is 0 Å². The van der Waals surface area contributed by atoms with Crippen LogP contribution in [0, 0.1) is 6.92 Å². The highest BCUT2D eigenvalue weighted by atomic mass is 16.5. The van der Waals surface area contributed by atoms with E-state index in [-0.39, 0.29) is 12.0 Å². The highest BCUT2D eigenvalue weighted by Crippen LogP contribution is 2.08. The fourth-order valence-electron chi connectivity index (χ4n) is 2.46. The van der Waals surface area contributed by atoms with E-state index in [2.05, 4.69) is 17.3 Å². The van der Waals surface area contributed by atoms with Gasteiger partial charge in [-0.3, -0.25) is 4.79 Å². The Morgan fingerprint density at radius 3 is 3.00 bits per heavy atom. The Kier molecular flexibility index (Phi) is 5.56. The van der Waals surface area contributed by atoms with E-state index in [1.807, 2.05) is 31.2 Å². The zero-order valence-corrected chi connectivity index (χ0v) is 12.4. The zero-order valence-electron chi connectivity index (χ0n) is 12.4. The molecule has 0 radical (unpaired) electrons. The van der Waals surface area contributed by atoms with Crippen molar-refractivity contribution in [2.75, 3.05) is 33.3 Å². The number of morpholine rings is 1. The summed E-state index contributed by atoms with van der Waals surface area (Å²) in [7, 11) is 2.10. The molecule has 0 aliphatic carbocycles. The Bertz CT molecular complexity index is 448. The number of rotatable bonds is 5. The first-order valence-corrected chi connectivity index (χ1v) is 7.26. The van der Waals surface area contributed by atoms with Gasteiger partial charge in [0.05, 0.1) is 19.1 Å². The topological polar surface area (TPSA) is 41.6 Å². The molecule has 1 aliphatic heterocycles. The van der Waals surface area contributed by atoms with Gasteiger partial charge in [-0.15, -0.1) is 0 Å². The lowest BCUT2D eigenvalue weighted by Crippen LogP contribution is -2.41. The third kappa shape index (κ3) is 4.62. The first-order valence-electron chi connectivity index (χ1n) is 7.26. The van der Waals surface area contributed by atoms with Crippen molar-refractivity contribution in [1.29, 1.82) is 0 Å². The Morgan fingerprint density at radius 1 is 1.45 bits per heavy atom. The molecule has 1 atom stereocenters. The molecule has 20 heavy (non-hydrogen) atoms. The van der Waals surface area contributed by atoms with E-state index in [4.69, 9.17) is 4.74 Å². The Balaban J connectivity index is 1.69. The number of likely N-dealkylation sites (N-methyl/N-ethyl adjacent to an activating group) is 1. The number of carbonyl (C=O) groups excluding carboxylic acids is 1. The van der Waals surface area contributed by atoms with Crippen LogP contribution in [0.4, 0.5) is 0 Å². The average molecular weight is 276 g/mol. The summed E-state index contributed by atoms with van der Waals surface area (Å²) in [6.07, 6.45) is 1.58. The van der Waals surface area contributed by atoms with Gasteiger partial charge < -0.3 is 15.0 Å². The van der Waals surface area contributed by atoms with Gasteiger partial charge in [0.15, 0.2) is 0 Å². The summed E-state index contributed by atoms with van der Waals surface area (Å²) < 4.78 is 5.67. The van der Waals surface area contributed by atoms with Gasteiger partial charge in [0.25, 0.3) is 0 Å². The van der Waals surface area contributed by atoms with Gasteiger partial charge in [-0.05, 0) is 31.5 Å². The highest BCUT2D eigenvalue weighted by molar-refractivity contribution is 5.78. The summed E-state index contributed by atoms with van der Waals surface area (Å²) in [5, 5.41) is 2.98. The summed E-state index contributed by atoms with van der Waals surface area (Å²) >= 11 is 0. The summed E-state index contributed by atoms with van der Waals surface area (Å²) in [5.74, 6) is 0.0865. The van der Waals surface area contributed by atoms with E-state index >= 15 is 0 Å². The van der Waals surface area contributed by atoms with Crippen LogP contribution in [0.1, 0.15) is 17.5 Å². The van der Waals surface area contributed by atoms with E-state index in [1.165, 1.54) is 5.56 Å². The maximum Gasteiger partial charge on any atom is 0.224 e. The highest BCUT2D eigenvalue weighted by Gasteiger charge is 2.17. The van der Waals surface area contributed by atoms with Gasteiger partial charge in [-0.1, -0.05) is 24.3 Å². The van der Waals surface area contributed by atoms with E-state index in [0.717, 1.165) is 31.7 Å². The fourth-order valence-corrected chi connectivity index (χ4v) is 2.46. The van der Waals surface area contributed by atoms with Crippen LogP contribution in [-0.2, 0) is 16.0 Å². The van der Waals surface area contributed by atoms with E-state index in [9.17, 15) is 4.79 Å².